The molecule has 166 valence electrons. The maximum absolute atomic E-state index is 11.8. The summed E-state index contributed by atoms with van der Waals surface area (Å²) in [6, 6.07) is 17.5. The molecule has 1 aliphatic heterocycles. The molecule has 2 aromatic carbocycles. The van der Waals surface area contributed by atoms with E-state index in [-0.39, 0.29) is 12.3 Å². The maximum atomic E-state index is 11.8. The fraction of sp³-hybridized carbons (Fsp3) is 0.292. The van der Waals surface area contributed by atoms with Gasteiger partial charge in [0.25, 0.3) is 0 Å². The Bertz CT molecular complexity index is 1030. The zero-order valence-electron chi connectivity index (χ0n) is 18.0. The van der Waals surface area contributed by atoms with Gasteiger partial charge < -0.3 is 25.4 Å². The summed E-state index contributed by atoms with van der Waals surface area (Å²) in [5.41, 5.74) is 4.44. The van der Waals surface area contributed by atoms with Gasteiger partial charge in [0.1, 0.15) is 0 Å². The predicted octanol–water partition coefficient (Wildman–Crippen LogP) is 3.43. The molecule has 1 fully saturated rings. The molecule has 0 saturated carbocycles. The number of aliphatic hydroxyl groups is 1. The van der Waals surface area contributed by atoms with Crippen LogP contribution in [-0.2, 0) is 9.53 Å². The number of nitrogens with zero attached hydrogens (tertiary/aromatic N) is 3. The summed E-state index contributed by atoms with van der Waals surface area (Å²) in [6.07, 6.45) is 1.11. The van der Waals surface area contributed by atoms with Crippen LogP contribution in [0.2, 0.25) is 0 Å². The van der Waals surface area contributed by atoms with E-state index in [9.17, 15) is 9.90 Å². The predicted molar refractivity (Wildman–Crippen MR) is 125 cm³/mol. The molecule has 32 heavy (non-hydrogen) atoms. The number of morpholine rings is 1. The highest BCUT2D eigenvalue weighted by atomic mass is 16.5. The Hall–Kier alpha value is -3.49. The normalized spacial score (nSPS) is 14.6. The summed E-state index contributed by atoms with van der Waals surface area (Å²) in [7, 11) is 0. The summed E-state index contributed by atoms with van der Waals surface area (Å²) in [4.78, 5) is 23.0. The molecule has 8 heteroatoms. The number of carbonyl (C=O) groups is 1. The first-order chi connectivity index (χ1) is 15.6. The Morgan fingerprint density at radius 1 is 1.06 bits per heavy atom. The molecule has 2 heterocycles. The number of hydrogen-bond donors (Lipinski definition) is 3. The van der Waals surface area contributed by atoms with E-state index in [1.807, 2.05) is 42.5 Å². The van der Waals surface area contributed by atoms with Crippen molar-refractivity contribution in [3.05, 3.63) is 60.8 Å². The molecule has 1 aliphatic rings. The summed E-state index contributed by atoms with van der Waals surface area (Å²) < 4.78 is 5.41. The van der Waals surface area contributed by atoms with E-state index >= 15 is 0 Å². The smallest absolute Gasteiger partial charge is 0.227 e. The monoisotopic (exact) mass is 433 g/mol. The van der Waals surface area contributed by atoms with Crippen molar-refractivity contribution in [2.45, 2.75) is 19.4 Å². The van der Waals surface area contributed by atoms with Crippen LogP contribution in [0.3, 0.4) is 0 Å². The van der Waals surface area contributed by atoms with E-state index in [2.05, 4.69) is 37.6 Å². The first-order valence-electron chi connectivity index (χ1n) is 10.7. The fourth-order valence-corrected chi connectivity index (χ4v) is 3.49. The number of nitrogens with one attached hydrogen (secondary N) is 2. The molecular weight excluding hydrogens is 406 g/mol. The molecule has 0 bridgehead atoms. The molecule has 1 amide bonds. The number of hydrogen-bond acceptors (Lipinski definition) is 7. The average molecular weight is 434 g/mol. The van der Waals surface area contributed by atoms with Gasteiger partial charge in [0.15, 0.2) is 0 Å². The Labute approximate surface area is 187 Å². The minimum absolute atomic E-state index is 0.0656. The summed E-state index contributed by atoms with van der Waals surface area (Å²) in [5.74, 6) is 0.289. The molecule has 1 atom stereocenters. The van der Waals surface area contributed by atoms with Crippen molar-refractivity contribution >= 4 is 28.9 Å². The standard InChI is InChI=1S/C24H27N5O3/c1-17(30)16-23(31)26-19-4-2-18(3-5-19)22-10-11-25-24(28-22)27-20-6-8-21(9-7-20)29-12-14-32-15-13-29/h2-11,17,30H,12-16H2,1H3,(H,26,31)(H,25,27,28)/t17-/m1/s1. The van der Waals surface area contributed by atoms with Crippen molar-refractivity contribution in [2.75, 3.05) is 41.8 Å². The first kappa shape index (κ1) is 21.7. The second-order valence-corrected chi connectivity index (χ2v) is 7.72. The summed E-state index contributed by atoms with van der Waals surface area (Å²) >= 11 is 0. The lowest BCUT2D eigenvalue weighted by Crippen LogP contribution is -2.36. The SMILES string of the molecule is C[C@@H](O)CC(=O)Nc1ccc(-c2ccnc(Nc3ccc(N4CCOCC4)cc3)n2)cc1. The van der Waals surface area contributed by atoms with Gasteiger partial charge in [-0.25, -0.2) is 9.97 Å². The van der Waals surface area contributed by atoms with Gasteiger partial charge >= 0.3 is 0 Å². The summed E-state index contributed by atoms with van der Waals surface area (Å²) in [6.45, 7) is 4.91. The van der Waals surface area contributed by atoms with Crippen LogP contribution in [0.15, 0.2) is 60.8 Å². The number of aliphatic hydroxyl groups excluding tert-OH is 1. The number of carbonyl (C=O) groups excluding carboxylic acids is 1. The molecule has 0 spiro atoms. The summed E-state index contributed by atoms with van der Waals surface area (Å²) in [5, 5.41) is 15.3. The van der Waals surface area contributed by atoms with Gasteiger partial charge in [-0.3, -0.25) is 4.79 Å². The third-order valence-electron chi connectivity index (χ3n) is 5.10. The third kappa shape index (κ3) is 5.81. The number of ether oxygens (including phenoxy) is 1. The minimum Gasteiger partial charge on any atom is -0.393 e. The van der Waals surface area contributed by atoms with Crippen LogP contribution in [0.4, 0.5) is 23.0 Å². The molecule has 3 aromatic rings. The molecule has 0 radical (unpaired) electrons. The van der Waals surface area contributed by atoms with Gasteiger partial charge in [-0.15, -0.1) is 0 Å². The maximum Gasteiger partial charge on any atom is 0.227 e. The van der Waals surface area contributed by atoms with Crippen molar-refractivity contribution < 1.29 is 14.6 Å². The molecular formula is C24H27N5O3. The quantitative estimate of drug-likeness (QED) is 0.525. The van der Waals surface area contributed by atoms with E-state index in [1.165, 1.54) is 5.69 Å². The van der Waals surface area contributed by atoms with E-state index in [0.717, 1.165) is 43.2 Å². The highest BCUT2D eigenvalue weighted by Gasteiger charge is 2.11. The molecule has 3 N–H and O–H groups in total. The molecule has 8 nitrogen and oxygen atoms in total. The van der Waals surface area contributed by atoms with Crippen molar-refractivity contribution in [1.29, 1.82) is 0 Å². The average Bonchev–Trinajstić information content (AvgIpc) is 2.80. The topological polar surface area (TPSA) is 99.6 Å². The number of anilines is 4. The highest BCUT2D eigenvalue weighted by Crippen LogP contribution is 2.23. The molecule has 0 unspecified atom stereocenters. The molecule has 0 aliphatic carbocycles. The minimum atomic E-state index is -0.670. The lowest BCUT2D eigenvalue weighted by atomic mass is 10.1. The van der Waals surface area contributed by atoms with Crippen molar-refractivity contribution in [3.8, 4) is 11.3 Å². The van der Waals surface area contributed by atoms with Crippen LogP contribution in [-0.4, -0.2) is 53.4 Å². The van der Waals surface area contributed by atoms with Crippen LogP contribution in [0.5, 0.6) is 0 Å². The highest BCUT2D eigenvalue weighted by molar-refractivity contribution is 5.91. The Balaban J connectivity index is 1.40. The van der Waals surface area contributed by atoms with Crippen LogP contribution >= 0.6 is 0 Å². The molecule has 4 rings (SSSR count). The van der Waals surface area contributed by atoms with Gasteiger partial charge in [0.05, 0.1) is 31.4 Å². The zero-order valence-corrected chi connectivity index (χ0v) is 18.0. The number of rotatable bonds is 7. The third-order valence-corrected chi connectivity index (χ3v) is 5.10. The van der Waals surface area contributed by atoms with Crippen LogP contribution in [0.25, 0.3) is 11.3 Å². The van der Waals surface area contributed by atoms with Gasteiger partial charge in [-0.2, -0.15) is 0 Å². The van der Waals surface area contributed by atoms with Crippen LogP contribution in [0.1, 0.15) is 13.3 Å². The Morgan fingerprint density at radius 3 is 2.44 bits per heavy atom. The largest absolute Gasteiger partial charge is 0.393 e. The van der Waals surface area contributed by atoms with E-state index in [0.29, 0.717) is 11.6 Å². The Morgan fingerprint density at radius 2 is 1.75 bits per heavy atom. The van der Waals surface area contributed by atoms with Gasteiger partial charge in [0.2, 0.25) is 11.9 Å². The second-order valence-electron chi connectivity index (χ2n) is 7.72. The van der Waals surface area contributed by atoms with Crippen LogP contribution < -0.4 is 15.5 Å². The van der Waals surface area contributed by atoms with Crippen molar-refractivity contribution in [3.63, 3.8) is 0 Å². The molecule has 1 aromatic heterocycles. The van der Waals surface area contributed by atoms with Crippen LogP contribution in [0, 0.1) is 0 Å². The number of aromatic nitrogens is 2. The van der Waals surface area contributed by atoms with E-state index in [1.54, 1.807) is 13.1 Å². The van der Waals surface area contributed by atoms with Crippen molar-refractivity contribution in [2.24, 2.45) is 0 Å². The fourth-order valence-electron chi connectivity index (χ4n) is 3.49. The molecule has 1 saturated heterocycles. The van der Waals surface area contributed by atoms with E-state index < -0.39 is 6.10 Å². The number of benzene rings is 2. The second kappa shape index (κ2) is 10.2. The van der Waals surface area contributed by atoms with Gasteiger partial charge in [0, 0.05) is 41.9 Å². The first-order valence-corrected chi connectivity index (χ1v) is 10.7. The zero-order chi connectivity index (χ0) is 22.3. The van der Waals surface area contributed by atoms with E-state index in [4.69, 9.17) is 4.74 Å². The van der Waals surface area contributed by atoms with Crippen molar-refractivity contribution in [1.82, 2.24) is 9.97 Å². The van der Waals surface area contributed by atoms with Gasteiger partial charge in [-0.05, 0) is 49.4 Å². The Kier molecular flexibility index (Phi) is 6.94. The lowest BCUT2D eigenvalue weighted by Gasteiger charge is -2.28. The van der Waals surface area contributed by atoms with Gasteiger partial charge in [-0.1, -0.05) is 12.1 Å². The number of amides is 1. The lowest BCUT2D eigenvalue weighted by molar-refractivity contribution is -0.117.